The van der Waals surface area contributed by atoms with Crippen molar-refractivity contribution in [2.45, 2.75) is 51.5 Å². The second-order valence-corrected chi connectivity index (χ2v) is 5.25. The standard InChI is InChI=1S/C14H30N2O/c1-3-13(8-9-15)5-4-10-16(11-12-17-2)14-6-7-14/h13-14H,3-12,15H2,1-2H3. The quantitative estimate of drug-likeness (QED) is 0.604. The zero-order valence-corrected chi connectivity index (χ0v) is 11.7. The molecule has 0 bridgehead atoms. The number of hydrogen-bond acceptors (Lipinski definition) is 3. The van der Waals surface area contributed by atoms with Crippen LogP contribution in [0.5, 0.6) is 0 Å². The van der Waals surface area contributed by atoms with Crippen LogP contribution in [0.4, 0.5) is 0 Å². The van der Waals surface area contributed by atoms with Crippen molar-refractivity contribution in [1.82, 2.24) is 4.90 Å². The first-order chi connectivity index (χ1) is 8.31. The summed E-state index contributed by atoms with van der Waals surface area (Å²) in [7, 11) is 1.79. The summed E-state index contributed by atoms with van der Waals surface area (Å²) in [5.41, 5.74) is 5.63. The molecule has 0 heterocycles. The normalized spacial score (nSPS) is 17.6. The molecule has 1 rings (SSSR count). The fraction of sp³-hybridized carbons (Fsp3) is 1.00. The topological polar surface area (TPSA) is 38.5 Å². The van der Waals surface area contributed by atoms with E-state index in [4.69, 9.17) is 10.5 Å². The molecule has 1 aliphatic carbocycles. The maximum Gasteiger partial charge on any atom is 0.0589 e. The second kappa shape index (κ2) is 8.90. The highest BCUT2D eigenvalue weighted by Crippen LogP contribution is 2.27. The van der Waals surface area contributed by atoms with E-state index in [-0.39, 0.29) is 0 Å². The number of nitrogens with zero attached hydrogens (tertiary/aromatic N) is 1. The Morgan fingerprint density at radius 2 is 2.06 bits per heavy atom. The number of nitrogens with two attached hydrogens (primary N) is 1. The van der Waals surface area contributed by atoms with Crippen LogP contribution in [0.3, 0.4) is 0 Å². The van der Waals surface area contributed by atoms with Crippen LogP contribution in [0, 0.1) is 5.92 Å². The smallest absolute Gasteiger partial charge is 0.0589 e. The van der Waals surface area contributed by atoms with E-state index in [9.17, 15) is 0 Å². The molecule has 0 radical (unpaired) electrons. The van der Waals surface area contributed by atoms with Crippen molar-refractivity contribution < 1.29 is 4.74 Å². The molecule has 102 valence electrons. The summed E-state index contributed by atoms with van der Waals surface area (Å²) < 4.78 is 5.18. The summed E-state index contributed by atoms with van der Waals surface area (Å²) >= 11 is 0. The second-order valence-electron chi connectivity index (χ2n) is 5.25. The summed E-state index contributed by atoms with van der Waals surface area (Å²) in [4.78, 5) is 2.61. The summed E-state index contributed by atoms with van der Waals surface area (Å²) in [5.74, 6) is 0.837. The van der Waals surface area contributed by atoms with E-state index in [1.165, 1.54) is 45.1 Å². The van der Waals surface area contributed by atoms with Crippen LogP contribution in [0.1, 0.15) is 45.4 Å². The van der Waals surface area contributed by atoms with Crippen molar-refractivity contribution in [3.63, 3.8) is 0 Å². The number of rotatable bonds is 11. The summed E-state index contributed by atoms with van der Waals surface area (Å²) in [6.07, 6.45) is 7.91. The van der Waals surface area contributed by atoms with Crippen LogP contribution in [-0.4, -0.2) is 44.3 Å². The van der Waals surface area contributed by atoms with E-state index in [1.54, 1.807) is 7.11 Å². The van der Waals surface area contributed by atoms with Crippen LogP contribution in [0.15, 0.2) is 0 Å². The van der Waals surface area contributed by atoms with Gasteiger partial charge in [-0.15, -0.1) is 0 Å². The van der Waals surface area contributed by atoms with Gasteiger partial charge in [0.1, 0.15) is 0 Å². The fourth-order valence-electron chi connectivity index (χ4n) is 2.50. The Labute approximate surface area is 107 Å². The minimum Gasteiger partial charge on any atom is -0.383 e. The molecule has 1 fully saturated rings. The first-order valence-electron chi connectivity index (χ1n) is 7.24. The van der Waals surface area contributed by atoms with Crippen molar-refractivity contribution in [2.75, 3.05) is 33.4 Å². The Kier molecular flexibility index (Phi) is 7.82. The Bertz CT molecular complexity index is 183. The van der Waals surface area contributed by atoms with Crippen LogP contribution in [0.25, 0.3) is 0 Å². The Morgan fingerprint density at radius 3 is 2.59 bits per heavy atom. The lowest BCUT2D eigenvalue weighted by Gasteiger charge is -2.22. The molecule has 1 saturated carbocycles. The molecule has 0 amide bonds. The third-order valence-electron chi connectivity index (χ3n) is 3.86. The zero-order chi connectivity index (χ0) is 12.5. The molecule has 3 nitrogen and oxygen atoms in total. The highest BCUT2D eigenvalue weighted by atomic mass is 16.5. The fourth-order valence-corrected chi connectivity index (χ4v) is 2.50. The van der Waals surface area contributed by atoms with E-state index < -0.39 is 0 Å². The van der Waals surface area contributed by atoms with Gasteiger partial charge in [0.05, 0.1) is 6.61 Å². The van der Waals surface area contributed by atoms with Crippen molar-refractivity contribution in [1.29, 1.82) is 0 Å². The minimum absolute atomic E-state index is 0.837. The summed E-state index contributed by atoms with van der Waals surface area (Å²) in [6, 6.07) is 0.861. The van der Waals surface area contributed by atoms with Crippen molar-refractivity contribution >= 4 is 0 Å². The van der Waals surface area contributed by atoms with Gasteiger partial charge in [-0.1, -0.05) is 13.3 Å². The van der Waals surface area contributed by atoms with Gasteiger partial charge in [-0.2, -0.15) is 0 Å². The molecule has 0 saturated heterocycles. The first-order valence-corrected chi connectivity index (χ1v) is 7.24. The SMILES string of the molecule is CCC(CCN)CCCN(CCOC)C1CC1. The van der Waals surface area contributed by atoms with Crippen LogP contribution < -0.4 is 5.73 Å². The molecular weight excluding hydrogens is 212 g/mol. The molecule has 0 aromatic heterocycles. The maximum atomic E-state index is 5.63. The number of methoxy groups -OCH3 is 1. The molecule has 17 heavy (non-hydrogen) atoms. The molecule has 3 heteroatoms. The zero-order valence-electron chi connectivity index (χ0n) is 11.7. The number of hydrogen-bond donors (Lipinski definition) is 1. The van der Waals surface area contributed by atoms with Crippen molar-refractivity contribution in [2.24, 2.45) is 11.7 Å². The van der Waals surface area contributed by atoms with Gasteiger partial charge in [0.15, 0.2) is 0 Å². The lowest BCUT2D eigenvalue weighted by atomic mass is 9.96. The van der Waals surface area contributed by atoms with Crippen LogP contribution in [-0.2, 0) is 4.74 Å². The van der Waals surface area contributed by atoms with Gasteiger partial charge < -0.3 is 10.5 Å². The molecule has 1 unspecified atom stereocenters. The third kappa shape index (κ3) is 6.39. The molecule has 1 aliphatic rings. The minimum atomic E-state index is 0.837. The van der Waals surface area contributed by atoms with Gasteiger partial charge in [-0.3, -0.25) is 4.90 Å². The van der Waals surface area contributed by atoms with Gasteiger partial charge in [0, 0.05) is 19.7 Å². The van der Waals surface area contributed by atoms with Gasteiger partial charge >= 0.3 is 0 Å². The van der Waals surface area contributed by atoms with Gasteiger partial charge in [-0.25, -0.2) is 0 Å². The van der Waals surface area contributed by atoms with E-state index in [1.807, 2.05) is 0 Å². The van der Waals surface area contributed by atoms with Gasteiger partial charge in [0.25, 0.3) is 0 Å². The molecule has 0 aromatic rings. The maximum absolute atomic E-state index is 5.63. The average Bonchev–Trinajstić information content (AvgIpc) is 3.16. The lowest BCUT2D eigenvalue weighted by Crippen LogP contribution is -2.31. The Hall–Kier alpha value is -0.120. The van der Waals surface area contributed by atoms with E-state index in [0.29, 0.717) is 0 Å². The molecular formula is C14H30N2O. The number of ether oxygens (including phenoxy) is 1. The Balaban J connectivity index is 2.12. The van der Waals surface area contributed by atoms with Crippen LogP contribution in [0.2, 0.25) is 0 Å². The van der Waals surface area contributed by atoms with Gasteiger partial charge in [-0.05, 0) is 51.1 Å². The largest absolute Gasteiger partial charge is 0.383 e. The van der Waals surface area contributed by atoms with E-state index in [0.717, 1.165) is 31.7 Å². The predicted octanol–water partition coefficient (Wildman–Crippen LogP) is 2.25. The average molecular weight is 242 g/mol. The highest BCUT2D eigenvalue weighted by molar-refractivity contribution is 4.84. The lowest BCUT2D eigenvalue weighted by molar-refractivity contribution is 0.141. The molecule has 2 N–H and O–H groups in total. The molecule has 1 atom stereocenters. The monoisotopic (exact) mass is 242 g/mol. The van der Waals surface area contributed by atoms with Crippen LogP contribution >= 0.6 is 0 Å². The van der Waals surface area contributed by atoms with Gasteiger partial charge in [0.2, 0.25) is 0 Å². The highest BCUT2D eigenvalue weighted by Gasteiger charge is 2.28. The first kappa shape index (κ1) is 14.9. The van der Waals surface area contributed by atoms with E-state index >= 15 is 0 Å². The summed E-state index contributed by atoms with van der Waals surface area (Å²) in [6.45, 7) is 6.35. The van der Waals surface area contributed by atoms with Crippen molar-refractivity contribution in [3.8, 4) is 0 Å². The predicted molar refractivity (Wildman–Crippen MR) is 73.2 cm³/mol. The van der Waals surface area contributed by atoms with Crippen molar-refractivity contribution in [3.05, 3.63) is 0 Å². The van der Waals surface area contributed by atoms with E-state index in [2.05, 4.69) is 11.8 Å². The Morgan fingerprint density at radius 1 is 1.29 bits per heavy atom. The molecule has 0 aliphatic heterocycles. The summed E-state index contributed by atoms with van der Waals surface area (Å²) in [5, 5.41) is 0. The molecule has 0 spiro atoms. The molecule has 0 aromatic carbocycles. The third-order valence-corrected chi connectivity index (χ3v) is 3.86.